The molecule has 3 rings (SSSR count). The van der Waals surface area contributed by atoms with E-state index in [0.29, 0.717) is 19.7 Å². The van der Waals surface area contributed by atoms with Gasteiger partial charge in [0.05, 0.1) is 13.2 Å². The summed E-state index contributed by atoms with van der Waals surface area (Å²) >= 11 is 0. The fourth-order valence-electron chi connectivity index (χ4n) is 2.85. The molecule has 1 aromatic heterocycles. The van der Waals surface area contributed by atoms with Gasteiger partial charge in [0.1, 0.15) is 17.6 Å². The van der Waals surface area contributed by atoms with E-state index in [1.807, 2.05) is 0 Å². The molecule has 1 saturated heterocycles. The first-order valence-electron chi connectivity index (χ1n) is 7.29. The summed E-state index contributed by atoms with van der Waals surface area (Å²) in [5.41, 5.74) is 2.11. The van der Waals surface area contributed by atoms with Gasteiger partial charge in [-0.05, 0) is 19.3 Å². The number of carbonyl (C=O) groups excluding carboxylic acids is 1. The maximum Gasteiger partial charge on any atom is 0.253 e. The molecule has 1 aromatic rings. The van der Waals surface area contributed by atoms with Crippen LogP contribution in [0.25, 0.3) is 0 Å². The number of hydrogen-bond acceptors (Lipinski definition) is 5. The number of nitrogens with one attached hydrogen (secondary N) is 1. The molecule has 1 aliphatic carbocycles. The fourth-order valence-corrected chi connectivity index (χ4v) is 2.85. The lowest BCUT2D eigenvalue weighted by Crippen LogP contribution is -2.48. The topological polar surface area (TPSA) is 67.6 Å². The molecule has 1 amide bonds. The third-order valence-electron chi connectivity index (χ3n) is 4.00. The highest BCUT2D eigenvalue weighted by Gasteiger charge is 2.27. The third-order valence-corrected chi connectivity index (χ3v) is 4.00. The molecular weight excluding hydrogens is 258 g/mol. The van der Waals surface area contributed by atoms with Crippen LogP contribution in [-0.2, 0) is 28.9 Å². The zero-order valence-corrected chi connectivity index (χ0v) is 11.9. The Kier molecular flexibility index (Phi) is 4.03. The van der Waals surface area contributed by atoms with Crippen molar-refractivity contribution >= 4 is 5.91 Å². The summed E-state index contributed by atoms with van der Waals surface area (Å²) in [6.07, 6.45) is 3.94. The Balaban J connectivity index is 1.64. The molecule has 1 fully saturated rings. The van der Waals surface area contributed by atoms with Crippen LogP contribution in [0.1, 0.15) is 29.9 Å². The summed E-state index contributed by atoms with van der Waals surface area (Å²) in [5, 5.41) is 7.31. The molecule has 0 spiro atoms. The van der Waals surface area contributed by atoms with E-state index in [1.165, 1.54) is 12.0 Å². The van der Waals surface area contributed by atoms with Crippen molar-refractivity contribution in [1.82, 2.24) is 15.4 Å². The van der Waals surface area contributed by atoms with Gasteiger partial charge in [-0.15, -0.1) is 0 Å². The predicted octanol–water partition coefficient (Wildman–Crippen LogP) is 0.500. The Labute approximate surface area is 118 Å². The Morgan fingerprint density at radius 1 is 1.45 bits per heavy atom. The first-order chi connectivity index (χ1) is 9.75. The monoisotopic (exact) mass is 279 g/mol. The third kappa shape index (κ3) is 2.71. The van der Waals surface area contributed by atoms with Crippen molar-refractivity contribution in [2.24, 2.45) is 0 Å². The lowest BCUT2D eigenvalue weighted by molar-refractivity contribution is -0.144. The second-order valence-corrected chi connectivity index (χ2v) is 5.50. The molecule has 0 saturated carbocycles. The summed E-state index contributed by atoms with van der Waals surface area (Å²) in [4.78, 5) is 14.0. The van der Waals surface area contributed by atoms with Crippen molar-refractivity contribution in [2.75, 3.05) is 26.7 Å². The molecule has 110 valence electrons. The van der Waals surface area contributed by atoms with Crippen LogP contribution in [0.3, 0.4) is 0 Å². The van der Waals surface area contributed by atoms with Gasteiger partial charge in [0.15, 0.2) is 0 Å². The van der Waals surface area contributed by atoms with Gasteiger partial charge in [-0.3, -0.25) is 4.79 Å². The second kappa shape index (κ2) is 5.93. The molecule has 1 unspecified atom stereocenters. The molecule has 0 radical (unpaired) electrons. The summed E-state index contributed by atoms with van der Waals surface area (Å²) in [6, 6.07) is 0. The van der Waals surface area contributed by atoms with E-state index in [0.717, 1.165) is 37.3 Å². The second-order valence-electron chi connectivity index (χ2n) is 5.50. The van der Waals surface area contributed by atoms with E-state index < -0.39 is 0 Å². The van der Waals surface area contributed by atoms with Crippen molar-refractivity contribution in [1.29, 1.82) is 0 Å². The van der Waals surface area contributed by atoms with Crippen molar-refractivity contribution < 1.29 is 14.1 Å². The first-order valence-corrected chi connectivity index (χ1v) is 7.29. The van der Waals surface area contributed by atoms with Crippen LogP contribution in [0.5, 0.6) is 0 Å². The number of aryl methyl sites for hydroxylation is 1. The smallest absolute Gasteiger partial charge is 0.253 e. The van der Waals surface area contributed by atoms with Gasteiger partial charge in [-0.1, -0.05) is 5.16 Å². The predicted molar refractivity (Wildman–Crippen MR) is 72.2 cm³/mol. The Morgan fingerprint density at radius 3 is 3.10 bits per heavy atom. The number of aromatic nitrogens is 1. The van der Waals surface area contributed by atoms with Gasteiger partial charge in [-0.2, -0.15) is 0 Å². The molecule has 6 heteroatoms. The molecule has 1 N–H and O–H groups in total. The standard InChI is InChI=1S/C14H21N3O3/c1-17(14(18)13-8-15-6-7-19-13)9-11-10-4-2-3-5-12(10)20-16-11/h13,15H,2-9H2,1H3. The summed E-state index contributed by atoms with van der Waals surface area (Å²) in [5.74, 6) is 1.01. The number of carbonyl (C=O) groups is 1. The normalized spacial score (nSPS) is 22.4. The lowest BCUT2D eigenvalue weighted by atomic mass is 9.96. The van der Waals surface area contributed by atoms with Crippen LogP contribution in [0, 0.1) is 0 Å². The van der Waals surface area contributed by atoms with Crippen molar-refractivity contribution in [3.8, 4) is 0 Å². The van der Waals surface area contributed by atoms with Crippen LogP contribution in [0.15, 0.2) is 4.52 Å². The summed E-state index contributed by atoms with van der Waals surface area (Å²) < 4.78 is 10.9. The van der Waals surface area contributed by atoms with Gasteiger partial charge in [-0.25, -0.2) is 0 Å². The number of hydrogen-bond donors (Lipinski definition) is 1. The van der Waals surface area contributed by atoms with E-state index in [-0.39, 0.29) is 12.0 Å². The molecule has 2 aliphatic rings. The quantitative estimate of drug-likeness (QED) is 0.872. The van der Waals surface area contributed by atoms with Gasteiger partial charge in [0.2, 0.25) is 0 Å². The fraction of sp³-hybridized carbons (Fsp3) is 0.714. The van der Waals surface area contributed by atoms with Crippen LogP contribution >= 0.6 is 0 Å². The molecule has 0 aromatic carbocycles. The van der Waals surface area contributed by atoms with Crippen LogP contribution in [0.4, 0.5) is 0 Å². The molecule has 1 aliphatic heterocycles. The zero-order valence-electron chi connectivity index (χ0n) is 11.9. The maximum atomic E-state index is 12.3. The van der Waals surface area contributed by atoms with Gasteiger partial charge >= 0.3 is 0 Å². The zero-order chi connectivity index (χ0) is 13.9. The summed E-state index contributed by atoms with van der Waals surface area (Å²) in [6.45, 7) is 2.48. The number of ether oxygens (including phenoxy) is 1. The van der Waals surface area contributed by atoms with E-state index in [9.17, 15) is 4.79 Å². The first kappa shape index (κ1) is 13.6. The minimum Gasteiger partial charge on any atom is -0.366 e. The Morgan fingerprint density at radius 2 is 2.30 bits per heavy atom. The highest BCUT2D eigenvalue weighted by Crippen LogP contribution is 2.25. The number of rotatable bonds is 3. The lowest BCUT2D eigenvalue weighted by Gasteiger charge is -2.27. The number of nitrogens with zero attached hydrogens (tertiary/aromatic N) is 2. The Bertz CT molecular complexity index is 480. The molecule has 6 nitrogen and oxygen atoms in total. The molecule has 1 atom stereocenters. The minimum atomic E-state index is -0.378. The van der Waals surface area contributed by atoms with Gasteiger partial charge in [0.25, 0.3) is 5.91 Å². The maximum absolute atomic E-state index is 12.3. The van der Waals surface area contributed by atoms with Gasteiger partial charge < -0.3 is 19.5 Å². The molecule has 20 heavy (non-hydrogen) atoms. The Hall–Kier alpha value is -1.40. The van der Waals surface area contributed by atoms with E-state index >= 15 is 0 Å². The average Bonchev–Trinajstić information content (AvgIpc) is 2.91. The molecular formula is C14H21N3O3. The SMILES string of the molecule is CN(Cc1noc2c1CCCC2)C(=O)C1CNCCO1. The van der Waals surface area contributed by atoms with E-state index in [2.05, 4.69) is 10.5 Å². The van der Waals surface area contributed by atoms with Crippen molar-refractivity contribution in [3.63, 3.8) is 0 Å². The highest BCUT2D eigenvalue weighted by molar-refractivity contribution is 5.81. The average molecular weight is 279 g/mol. The number of likely N-dealkylation sites (N-methyl/N-ethyl adjacent to an activating group) is 1. The summed E-state index contributed by atoms with van der Waals surface area (Å²) in [7, 11) is 1.80. The van der Waals surface area contributed by atoms with Crippen LogP contribution in [0.2, 0.25) is 0 Å². The van der Waals surface area contributed by atoms with E-state index in [1.54, 1.807) is 11.9 Å². The van der Waals surface area contributed by atoms with E-state index in [4.69, 9.17) is 9.26 Å². The van der Waals surface area contributed by atoms with Crippen LogP contribution in [-0.4, -0.2) is 48.8 Å². The largest absolute Gasteiger partial charge is 0.366 e. The molecule has 2 heterocycles. The minimum absolute atomic E-state index is 0.00441. The highest BCUT2D eigenvalue weighted by atomic mass is 16.5. The number of fused-ring (bicyclic) bond motifs is 1. The van der Waals surface area contributed by atoms with Gasteiger partial charge in [0, 0.05) is 32.1 Å². The molecule has 0 bridgehead atoms. The van der Waals surface area contributed by atoms with Crippen molar-refractivity contribution in [2.45, 2.75) is 38.3 Å². The number of amides is 1. The van der Waals surface area contributed by atoms with Crippen molar-refractivity contribution in [3.05, 3.63) is 17.0 Å². The van der Waals surface area contributed by atoms with Crippen LogP contribution < -0.4 is 5.32 Å². The number of morpholine rings is 1.